The third kappa shape index (κ3) is 5.11. The molecule has 3 heteroatoms. The Labute approximate surface area is 199 Å². The highest BCUT2D eigenvalue weighted by atomic mass is 16.3. The molecular formula is C31H24O3. The van der Waals surface area contributed by atoms with E-state index in [0.717, 1.165) is 11.1 Å². The number of hydrogen-bond acceptors (Lipinski definition) is 3. The number of aromatic hydroxyl groups is 1. The third-order valence-electron chi connectivity index (χ3n) is 5.51. The molecule has 0 aliphatic rings. The summed E-state index contributed by atoms with van der Waals surface area (Å²) in [6.45, 7) is 1.77. The van der Waals surface area contributed by atoms with Crippen molar-refractivity contribution >= 4 is 23.7 Å². The van der Waals surface area contributed by atoms with Gasteiger partial charge in [0.2, 0.25) is 0 Å². The molecule has 0 spiro atoms. The van der Waals surface area contributed by atoms with Crippen molar-refractivity contribution in [3.05, 3.63) is 137 Å². The van der Waals surface area contributed by atoms with Crippen molar-refractivity contribution in [1.82, 2.24) is 0 Å². The SMILES string of the molecule is Cc1cc(O)c(C(=O)/C=C/c2ccccc2)c(-c2ccccc2)c1C(=O)/C=C/c1ccccc1. The van der Waals surface area contributed by atoms with Gasteiger partial charge < -0.3 is 5.11 Å². The van der Waals surface area contributed by atoms with E-state index in [1.54, 1.807) is 19.1 Å². The smallest absolute Gasteiger partial charge is 0.190 e. The predicted octanol–water partition coefficient (Wildman–Crippen LogP) is 7.16. The number of phenols is 1. The molecule has 4 aromatic rings. The van der Waals surface area contributed by atoms with E-state index >= 15 is 0 Å². The minimum absolute atomic E-state index is 0.112. The maximum absolute atomic E-state index is 13.4. The molecule has 0 aromatic heterocycles. The Hall–Kier alpha value is -4.50. The van der Waals surface area contributed by atoms with Crippen LogP contribution in [-0.2, 0) is 0 Å². The highest BCUT2D eigenvalue weighted by Crippen LogP contribution is 2.37. The Balaban J connectivity index is 1.85. The normalized spacial score (nSPS) is 11.2. The van der Waals surface area contributed by atoms with E-state index in [2.05, 4.69) is 0 Å². The van der Waals surface area contributed by atoms with Gasteiger partial charge in [-0.05, 0) is 47.4 Å². The lowest BCUT2D eigenvalue weighted by Gasteiger charge is -2.16. The summed E-state index contributed by atoms with van der Waals surface area (Å²) in [5, 5.41) is 10.8. The summed E-state index contributed by atoms with van der Waals surface area (Å²) in [5.41, 5.74) is 4.00. The molecular weight excluding hydrogens is 420 g/mol. The molecule has 166 valence electrons. The number of allylic oxidation sites excluding steroid dienone is 2. The zero-order chi connectivity index (χ0) is 23.9. The molecule has 0 fully saturated rings. The number of carbonyl (C=O) groups excluding carboxylic acids is 2. The molecule has 0 radical (unpaired) electrons. The van der Waals surface area contributed by atoms with Gasteiger partial charge >= 0.3 is 0 Å². The van der Waals surface area contributed by atoms with Crippen molar-refractivity contribution in [3.63, 3.8) is 0 Å². The third-order valence-corrected chi connectivity index (χ3v) is 5.51. The molecule has 4 aromatic carbocycles. The summed E-state index contributed by atoms with van der Waals surface area (Å²) in [5.74, 6) is -0.759. The van der Waals surface area contributed by atoms with Gasteiger partial charge in [-0.1, -0.05) is 103 Å². The van der Waals surface area contributed by atoms with Crippen molar-refractivity contribution < 1.29 is 14.7 Å². The van der Waals surface area contributed by atoms with Gasteiger partial charge in [0.05, 0.1) is 5.56 Å². The molecule has 0 aliphatic heterocycles. The van der Waals surface area contributed by atoms with Crippen LogP contribution in [0, 0.1) is 6.92 Å². The van der Waals surface area contributed by atoms with E-state index in [-0.39, 0.29) is 22.9 Å². The number of ketones is 2. The van der Waals surface area contributed by atoms with Gasteiger partial charge in [-0.25, -0.2) is 0 Å². The molecule has 0 amide bonds. The summed E-state index contributed by atoms with van der Waals surface area (Å²) in [4.78, 5) is 26.7. The molecule has 4 rings (SSSR count). The van der Waals surface area contributed by atoms with Crippen LogP contribution < -0.4 is 0 Å². The number of carbonyl (C=O) groups is 2. The van der Waals surface area contributed by atoms with E-state index in [1.807, 2.05) is 91.0 Å². The first kappa shape index (κ1) is 22.7. The fraction of sp³-hybridized carbons (Fsp3) is 0.0323. The van der Waals surface area contributed by atoms with Crippen LogP contribution in [0.3, 0.4) is 0 Å². The molecule has 3 nitrogen and oxygen atoms in total. The Morgan fingerprint density at radius 1 is 0.647 bits per heavy atom. The second-order valence-corrected chi connectivity index (χ2v) is 7.92. The average Bonchev–Trinajstić information content (AvgIpc) is 2.87. The van der Waals surface area contributed by atoms with Gasteiger partial charge in [0.25, 0.3) is 0 Å². The lowest BCUT2D eigenvalue weighted by molar-refractivity contribution is 0.104. The number of benzene rings is 4. The average molecular weight is 445 g/mol. The van der Waals surface area contributed by atoms with Crippen molar-refractivity contribution in [2.24, 2.45) is 0 Å². The van der Waals surface area contributed by atoms with Crippen LogP contribution in [0.15, 0.2) is 109 Å². The van der Waals surface area contributed by atoms with E-state index in [4.69, 9.17) is 0 Å². The molecule has 0 saturated heterocycles. The van der Waals surface area contributed by atoms with E-state index < -0.39 is 0 Å². The monoisotopic (exact) mass is 444 g/mol. The quantitative estimate of drug-likeness (QED) is 0.243. The Morgan fingerprint density at radius 3 is 1.59 bits per heavy atom. The van der Waals surface area contributed by atoms with Crippen molar-refractivity contribution in [1.29, 1.82) is 0 Å². The Bertz CT molecular complexity index is 1280. The molecule has 0 saturated carbocycles. The van der Waals surface area contributed by atoms with E-state index in [0.29, 0.717) is 22.3 Å². The first-order chi connectivity index (χ1) is 16.5. The minimum atomic E-state index is -0.374. The van der Waals surface area contributed by atoms with Gasteiger partial charge in [-0.15, -0.1) is 0 Å². The van der Waals surface area contributed by atoms with Crippen LogP contribution in [0.4, 0.5) is 0 Å². The highest BCUT2D eigenvalue weighted by molar-refractivity contribution is 6.19. The van der Waals surface area contributed by atoms with Crippen molar-refractivity contribution in [3.8, 4) is 16.9 Å². The molecule has 0 atom stereocenters. The summed E-state index contributed by atoms with van der Waals surface area (Å²) in [6.07, 6.45) is 6.39. The van der Waals surface area contributed by atoms with Crippen LogP contribution in [0.5, 0.6) is 5.75 Å². The Kier molecular flexibility index (Phi) is 6.95. The Morgan fingerprint density at radius 2 is 1.09 bits per heavy atom. The van der Waals surface area contributed by atoms with E-state index in [1.165, 1.54) is 18.2 Å². The standard InChI is InChI=1S/C31H24O3/c1-22-21-28(34)31(27(33)20-18-24-13-7-3-8-14-24)30(25-15-9-4-10-16-25)29(22)26(32)19-17-23-11-5-2-6-12-23/h2-21,34H,1H3/b19-17+,20-18+. The number of hydrogen-bond donors (Lipinski definition) is 1. The second-order valence-electron chi connectivity index (χ2n) is 7.92. The lowest BCUT2D eigenvalue weighted by Crippen LogP contribution is -2.08. The van der Waals surface area contributed by atoms with Crippen LogP contribution >= 0.6 is 0 Å². The minimum Gasteiger partial charge on any atom is -0.507 e. The molecule has 34 heavy (non-hydrogen) atoms. The van der Waals surface area contributed by atoms with Crippen molar-refractivity contribution in [2.75, 3.05) is 0 Å². The first-order valence-corrected chi connectivity index (χ1v) is 11.0. The molecule has 0 aliphatic carbocycles. The van der Waals surface area contributed by atoms with E-state index in [9.17, 15) is 14.7 Å². The van der Waals surface area contributed by atoms with Crippen LogP contribution in [-0.4, -0.2) is 16.7 Å². The summed E-state index contributed by atoms with van der Waals surface area (Å²) in [7, 11) is 0. The maximum Gasteiger partial charge on any atom is 0.190 e. The van der Waals surface area contributed by atoms with Gasteiger partial charge in [-0.2, -0.15) is 0 Å². The van der Waals surface area contributed by atoms with Gasteiger partial charge in [-0.3, -0.25) is 9.59 Å². The zero-order valence-corrected chi connectivity index (χ0v) is 18.8. The van der Waals surface area contributed by atoms with Gasteiger partial charge in [0, 0.05) is 11.1 Å². The predicted molar refractivity (Wildman–Crippen MR) is 138 cm³/mol. The van der Waals surface area contributed by atoms with Crippen LogP contribution in [0.2, 0.25) is 0 Å². The fourth-order valence-corrected chi connectivity index (χ4v) is 3.90. The number of phenolic OH excluding ortho intramolecular Hbond substituents is 1. The van der Waals surface area contributed by atoms with Crippen LogP contribution in [0.25, 0.3) is 23.3 Å². The molecule has 0 heterocycles. The highest BCUT2D eigenvalue weighted by Gasteiger charge is 2.24. The summed E-state index contributed by atoms with van der Waals surface area (Å²) in [6, 6.07) is 29.7. The summed E-state index contributed by atoms with van der Waals surface area (Å²) >= 11 is 0. The topological polar surface area (TPSA) is 54.4 Å². The maximum atomic E-state index is 13.4. The molecule has 0 bridgehead atoms. The second kappa shape index (κ2) is 10.4. The van der Waals surface area contributed by atoms with Gasteiger partial charge in [0.15, 0.2) is 11.6 Å². The lowest BCUT2D eigenvalue weighted by atomic mass is 9.86. The number of aryl methyl sites for hydroxylation is 1. The van der Waals surface area contributed by atoms with Crippen LogP contribution in [0.1, 0.15) is 37.4 Å². The zero-order valence-electron chi connectivity index (χ0n) is 18.8. The molecule has 1 N–H and O–H groups in total. The first-order valence-electron chi connectivity index (χ1n) is 11.0. The van der Waals surface area contributed by atoms with Crippen molar-refractivity contribution in [2.45, 2.75) is 6.92 Å². The fourth-order valence-electron chi connectivity index (χ4n) is 3.90. The van der Waals surface area contributed by atoms with Gasteiger partial charge in [0.1, 0.15) is 5.75 Å². The number of rotatable bonds is 7. The molecule has 0 unspecified atom stereocenters. The summed E-state index contributed by atoms with van der Waals surface area (Å²) < 4.78 is 0. The largest absolute Gasteiger partial charge is 0.507 e.